The van der Waals surface area contributed by atoms with E-state index in [-0.39, 0.29) is 16.9 Å². The van der Waals surface area contributed by atoms with Crippen molar-refractivity contribution in [1.82, 2.24) is 0 Å². The Balaban J connectivity index is 2.35. The molecule has 30 heavy (non-hydrogen) atoms. The Morgan fingerprint density at radius 1 is 1.17 bits per heavy atom. The molecule has 10 nitrogen and oxygen atoms in total. The monoisotopic (exact) mass is 435 g/mol. The minimum atomic E-state index is -3.95. The number of aryl methyl sites for hydroxylation is 1. The van der Waals surface area contributed by atoms with Gasteiger partial charge < -0.3 is 10.1 Å². The number of rotatable bonds is 7. The number of sulfonamides is 1. The van der Waals surface area contributed by atoms with E-state index in [1.54, 1.807) is 6.92 Å². The zero-order chi connectivity index (χ0) is 22.6. The van der Waals surface area contributed by atoms with Gasteiger partial charge in [-0.05, 0) is 43.7 Å². The Bertz CT molecular complexity index is 1080. The number of nitrogens with zero attached hydrogens (tertiary/aromatic N) is 2. The van der Waals surface area contributed by atoms with Crippen molar-refractivity contribution < 1.29 is 27.7 Å². The summed E-state index contributed by atoms with van der Waals surface area (Å²) < 4.78 is 30.3. The molecule has 11 heteroatoms. The van der Waals surface area contributed by atoms with Gasteiger partial charge in [0.1, 0.15) is 6.04 Å². The molecule has 0 aliphatic heterocycles. The van der Waals surface area contributed by atoms with Crippen LogP contribution in [0.15, 0.2) is 42.5 Å². The number of carbonyl (C=O) groups is 2. The van der Waals surface area contributed by atoms with Gasteiger partial charge in [0.25, 0.3) is 5.69 Å². The summed E-state index contributed by atoms with van der Waals surface area (Å²) in [5.74, 6) is -1.19. The molecular weight excluding hydrogens is 414 g/mol. The van der Waals surface area contributed by atoms with Crippen LogP contribution in [0.3, 0.4) is 0 Å². The zero-order valence-electron chi connectivity index (χ0n) is 16.8. The zero-order valence-corrected chi connectivity index (χ0v) is 17.6. The van der Waals surface area contributed by atoms with Crippen molar-refractivity contribution in [3.8, 4) is 0 Å². The number of anilines is 2. The first-order valence-corrected chi connectivity index (χ1v) is 10.5. The minimum Gasteiger partial charge on any atom is -0.465 e. The lowest BCUT2D eigenvalue weighted by Gasteiger charge is -2.29. The molecule has 2 rings (SSSR count). The smallest absolute Gasteiger partial charge is 0.337 e. The van der Waals surface area contributed by atoms with Crippen molar-refractivity contribution in [3.05, 3.63) is 63.7 Å². The molecule has 0 fully saturated rings. The van der Waals surface area contributed by atoms with Gasteiger partial charge in [0.2, 0.25) is 15.9 Å². The van der Waals surface area contributed by atoms with Gasteiger partial charge in [-0.2, -0.15) is 0 Å². The SMILES string of the molecule is COC(=O)c1ccc(NC(=O)C(C)N(c2cc([N+](=O)[O-])ccc2C)S(C)(=O)=O)cc1. The van der Waals surface area contributed by atoms with Crippen LogP contribution in [-0.4, -0.2) is 44.6 Å². The molecule has 0 saturated carbocycles. The predicted octanol–water partition coefficient (Wildman–Crippen LogP) is 2.48. The standard InChI is InChI=1S/C19H21N3O7S/c1-12-5-10-16(22(25)26)11-17(12)21(30(4,27)28)13(2)18(23)20-15-8-6-14(7-9-15)19(24)29-3/h5-11,13H,1-4H3,(H,20,23). The highest BCUT2D eigenvalue weighted by Gasteiger charge is 2.31. The summed E-state index contributed by atoms with van der Waals surface area (Å²) in [7, 11) is -2.71. The van der Waals surface area contributed by atoms with E-state index in [1.807, 2.05) is 0 Å². The van der Waals surface area contributed by atoms with Gasteiger partial charge in [-0.15, -0.1) is 0 Å². The summed E-state index contributed by atoms with van der Waals surface area (Å²) in [4.78, 5) is 34.7. The van der Waals surface area contributed by atoms with E-state index in [4.69, 9.17) is 0 Å². The molecule has 0 heterocycles. The highest BCUT2D eigenvalue weighted by Crippen LogP contribution is 2.29. The molecule has 0 radical (unpaired) electrons. The van der Waals surface area contributed by atoms with E-state index >= 15 is 0 Å². The number of amides is 1. The fourth-order valence-corrected chi connectivity index (χ4v) is 4.01. The number of nitro groups is 1. The third-order valence-corrected chi connectivity index (χ3v) is 5.53. The van der Waals surface area contributed by atoms with Gasteiger partial charge in [0, 0.05) is 17.8 Å². The fourth-order valence-electron chi connectivity index (χ4n) is 2.78. The number of hydrogen-bond acceptors (Lipinski definition) is 7. The summed E-state index contributed by atoms with van der Waals surface area (Å²) in [5, 5.41) is 13.7. The van der Waals surface area contributed by atoms with Crippen LogP contribution >= 0.6 is 0 Å². The van der Waals surface area contributed by atoms with Crippen LogP contribution in [0.5, 0.6) is 0 Å². The molecule has 0 spiro atoms. The average molecular weight is 435 g/mol. The first-order valence-electron chi connectivity index (χ1n) is 8.69. The number of nitrogens with one attached hydrogen (secondary N) is 1. The molecule has 1 N–H and O–H groups in total. The lowest BCUT2D eigenvalue weighted by molar-refractivity contribution is -0.384. The molecule has 1 unspecified atom stereocenters. The molecule has 1 amide bonds. The van der Waals surface area contributed by atoms with Crippen LogP contribution in [0.2, 0.25) is 0 Å². The normalized spacial score (nSPS) is 12.0. The lowest BCUT2D eigenvalue weighted by Crippen LogP contribution is -2.45. The van der Waals surface area contributed by atoms with Gasteiger partial charge in [0.05, 0.1) is 29.5 Å². The number of esters is 1. The van der Waals surface area contributed by atoms with Crippen LogP contribution in [0.1, 0.15) is 22.8 Å². The third-order valence-electron chi connectivity index (χ3n) is 4.30. The fraction of sp³-hybridized carbons (Fsp3) is 0.263. The first kappa shape index (κ1) is 22.8. The second-order valence-corrected chi connectivity index (χ2v) is 8.38. The number of nitro benzene ring substituents is 1. The number of carbonyl (C=O) groups excluding carboxylic acids is 2. The quantitative estimate of drug-likeness (QED) is 0.401. The molecule has 0 bridgehead atoms. The average Bonchev–Trinajstić information content (AvgIpc) is 2.68. The largest absolute Gasteiger partial charge is 0.465 e. The molecule has 2 aromatic carbocycles. The summed E-state index contributed by atoms with van der Waals surface area (Å²) in [5.41, 5.74) is 0.816. The Hall–Kier alpha value is -3.47. The van der Waals surface area contributed by atoms with Crippen LogP contribution in [-0.2, 0) is 19.6 Å². The van der Waals surface area contributed by atoms with Crippen LogP contribution < -0.4 is 9.62 Å². The van der Waals surface area contributed by atoms with Gasteiger partial charge in [-0.25, -0.2) is 13.2 Å². The van der Waals surface area contributed by atoms with Crippen molar-refractivity contribution in [2.24, 2.45) is 0 Å². The van der Waals surface area contributed by atoms with E-state index in [2.05, 4.69) is 10.1 Å². The third kappa shape index (κ3) is 5.11. The lowest BCUT2D eigenvalue weighted by atomic mass is 10.1. The van der Waals surface area contributed by atoms with E-state index in [0.717, 1.165) is 16.6 Å². The molecule has 0 saturated heterocycles. The summed E-state index contributed by atoms with van der Waals surface area (Å²) in [6, 6.07) is 8.43. The minimum absolute atomic E-state index is 0.0374. The number of benzene rings is 2. The number of methoxy groups -OCH3 is 1. The van der Waals surface area contributed by atoms with Crippen LogP contribution in [0.4, 0.5) is 17.1 Å². The van der Waals surface area contributed by atoms with Crippen LogP contribution in [0, 0.1) is 17.0 Å². The highest BCUT2D eigenvalue weighted by atomic mass is 32.2. The number of hydrogen-bond donors (Lipinski definition) is 1. The van der Waals surface area contributed by atoms with E-state index in [0.29, 0.717) is 11.3 Å². The molecule has 0 aliphatic carbocycles. The molecule has 0 aromatic heterocycles. The second-order valence-electron chi connectivity index (χ2n) is 6.52. The topological polar surface area (TPSA) is 136 Å². The Kier molecular flexibility index (Phi) is 6.77. The van der Waals surface area contributed by atoms with Crippen LogP contribution in [0.25, 0.3) is 0 Å². The maximum absolute atomic E-state index is 12.7. The molecule has 0 aliphatic rings. The summed E-state index contributed by atoms with van der Waals surface area (Å²) in [6.07, 6.45) is 0.917. The van der Waals surface area contributed by atoms with Gasteiger partial charge in [-0.3, -0.25) is 19.2 Å². The molecule has 2 aromatic rings. The molecule has 160 valence electrons. The number of ether oxygens (including phenoxy) is 1. The van der Waals surface area contributed by atoms with Crippen molar-refractivity contribution in [1.29, 1.82) is 0 Å². The first-order chi connectivity index (χ1) is 14.0. The van der Waals surface area contributed by atoms with Crippen molar-refractivity contribution in [2.75, 3.05) is 23.0 Å². The Morgan fingerprint density at radius 2 is 1.77 bits per heavy atom. The van der Waals surface area contributed by atoms with Crippen molar-refractivity contribution in [2.45, 2.75) is 19.9 Å². The van der Waals surface area contributed by atoms with E-state index < -0.39 is 32.9 Å². The molecule has 1 atom stereocenters. The van der Waals surface area contributed by atoms with Gasteiger partial charge >= 0.3 is 5.97 Å². The predicted molar refractivity (Wildman–Crippen MR) is 111 cm³/mol. The summed E-state index contributed by atoms with van der Waals surface area (Å²) in [6.45, 7) is 2.96. The van der Waals surface area contributed by atoms with Gasteiger partial charge in [-0.1, -0.05) is 6.07 Å². The summed E-state index contributed by atoms with van der Waals surface area (Å²) >= 11 is 0. The maximum Gasteiger partial charge on any atom is 0.337 e. The number of non-ortho nitro benzene ring substituents is 1. The molecular formula is C19H21N3O7S. The van der Waals surface area contributed by atoms with E-state index in [1.165, 1.54) is 50.4 Å². The maximum atomic E-state index is 12.7. The van der Waals surface area contributed by atoms with Crippen molar-refractivity contribution in [3.63, 3.8) is 0 Å². The Labute approximate surface area is 173 Å². The Morgan fingerprint density at radius 3 is 2.27 bits per heavy atom. The highest BCUT2D eigenvalue weighted by molar-refractivity contribution is 7.92. The van der Waals surface area contributed by atoms with E-state index in [9.17, 15) is 28.1 Å². The van der Waals surface area contributed by atoms with Gasteiger partial charge in [0.15, 0.2) is 0 Å². The second kappa shape index (κ2) is 8.91. The van der Waals surface area contributed by atoms with Crippen molar-refractivity contribution >= 4 is 39.0 Å².